The third kappa shape index (κ3) is 5.24. The highest BCUT2D eigenvalue weighted by Gasteiger charge is 2.04. The van der Waals surface area contributed by atoms with E-state index in [1.165, 1.54) is 0 Å². The van der Waals surface area contributed by atoms with Crippen LogP contribution in [0.1, 0.15) is 29.8 Å². The lowest BCUT2D eigenvalue weighted by atomic mass is 10.1. The van der Waals surface area contributed by atoms with Gasteiger partial charge >= 0.3 is 5.97 Å². The molecule has 0 aliphatic carbocycles. The van der Waals surface area contributed by atoms with E-state index >= 15 is 0 Å². The first-order chi connectivity index (χ1) is 8.13. The summed E-state index contributed by atoms with van der Waals surface area (Å²) in [4.78, 5) is 10.8. The van der Waals surface area contributed by atoms with E-state index in [0.717, 1.165) is 17.1 Å². The number of thioether (sulfide) groups is 1. The van der Waals surface area contributed by atoms with E-state index in [9.17, 15) is 4.79 Å². The number of carbonyl (C=O) groups is 1. The maximum Gasteiger partial charge on any atom is 0.335 e. The van der Waals surface area contributed by atoms with Crippen molar-refractivity contribution in [2.75, 3.05) is 11.5 Å². The number of carboxylic acid groups (broad SMARTS) is 1. The van der Waals surface area contributed by atoms with E-state index < -0.39 is 5.97 Å². The van der Waals surface area contributed by atoms with Crippen LogP contribution < -0.4 is 5.32 Å². The minimum Gasteiger partial charge on any atom is -0.478 e. The molecule has 17 heavy (non-hydrogen) atoms. The number of rotatable bonds is 7. The van der Waals surface area contributed by atoms with E-state index in [1.54, 1.807) is 18.2 Å². The minimum atomic E-state index is -0.874. The SMILES string of the molecule is CCSCC(C)NCc1cccc(C(=O)O)c1. The van der Waals surface area contributed by atoms with Crippen molar-refractivity contribution in [3.8, 4) is 0 Å². The molecule has 0 spiro atoms. The Morgan fingerprint density at radius 1 is 1.53 bits per heavy atom. The zero-order chi connectivity index (χ0) is 12.7. The van der Waals surface area contributed by atoms with E-state index in [-0.39, 0.29) is 0 Å². The van der Waals surface area contributed by atoms with Crippen molar-refractivity contribution in [3.63, 3.8) is 0 Å². The zero-order valence-corrected chi connectivity index (χ0v) is 11.1. The van der Waals surface area contributed by atoms with Crippen LogP contribution in [-0.2, 0) is 6.54 Å². The van der Waals surface area contributed by atoms with Crippen molar-refractivity contribution in [3.05, 3.63) is 35.4 Å². The molecule has 0 fully saturated rings. The highest BCUT2D eigenvalue weighted by Crippen LogP contribution is 2.07. The Bertz CT molecular complexity index is 368. The molecule has 3 nitrogen and oxygen atoms in total. The summed E-state index contributed by atoms with van der Waals surface area (Å²) in [6.07, 6.45) is 0. The maximum atomic E-state index is 10.8. The average Bonchev–Trinajstić information content (AvgIpc) is 2.34. The van der Waals surface area contributed by atoms with Crippen LogP contribution in [0, 0.1) is 0 Å². The third-order valence-corrected chi connectivity index (χ3v) is 3.54. The Morgan fingerprint density at radius 3 is 2.94 bits per heavy atom. The zero-order valence-electron chi connectivity index (χ0n) is 10.3. The van der Waals surface area contributed by atoms with Crippen LogP contribution in [0.4, 0.5) is 0 Å². The molecule has 4 heteroatoms. The molecule has 0 aliphatic heterocycles. The van der Waals surface area contributed by atoms with E-state index in [1.807, 2.05) is 17.8 Å². The Morgan fingerprint density at radius 2 is 2.29 bits per heavy atom. The molecule has 1 aromatic carbocycles. The van der Waals surface area contributed by atoms with Gasteiger partial charge in [0.2, 0.25) is 0 Å². The molecule has 0 radical (unpaired) electrons. The number of hydrogen-bond acceptors (Lipinski definition) is 3. The van der Waals surface area contributed by atoms with Gasteiger partial charge in [0.25, 0.3) is 0 Å². The van der Waals surface area contributed by atoms with Gasteiger partial charge in [0.1, 0.15) is 0 Å². The van der Waals surface area contributed by atoms with Gasteiger partial charge in [-0.25, -0.2) is 4.79 Å². The van der Waals surface area contributed by atoms with Gasteiger partial charge in [-0.15, -0.1) is 0 Å². The molecule has 0 saturated heterocycles. The molecular formula is C13H19NO2S. The first kappa shape index (κ1) is 14.1. The summed E-state index contributed by atoms with van der Waals surface area (Å²) in [5.74, 6) is 1.33. The van der Waals surface area contributed by atoms with Crippen LogP contribution in [0.25, 0.3) is 0 Å². The lowest BCUT2D eigenvalue weighted by Crippen LogP contribution is -2.27. The van der Waals surface area contributed by atoms with Crippen LogP contribution in [0.2, 0.25) is 0 Å². The van der Waals surface area contributed by atoms with Gasteiger partial charge in [-0.05, 0) is 30.4 Å². The topological polar surface area (TPSA) is 49.3 Å². The number of aromatic carboxylic acids is 1. The highest BCUT2D eigenvalue weighted by molar-refractivity contribution is 7.99. The summed E-state index contributed by atoms with van der Waals surface area (Å²) in [7, 11) is 0. The summed E-state index contributed by atoms with van der Waals surface area (Å²) in [5.41, 5.74) is 1.36. The fourth-order valence-corrected chi connectivity index (χ4v) is 2.17. The van der Waals surface area contributed by atoms with Crippen molar-refractivity contribution >= 4 is 17.7 Å². The summed E-state index contributed by atoms with van der Waals surface area (Å²) in [5, 5.41) is 12.3. The molecule has 94 valence electrons. The smallest absolute Gasteiger partial charge is 0.335 e. The lowest BCUT2D eigenvalue weighted by molar-refractivity contribution is 0.0697. The second-order valence-corrected chi connectivity index (χ2v) is 5.27. The lowest BCUT2D eigenvalue weighted by Gasteiger charge is -2.13. The minimum absolute atomic E-state index is 0.347. The Balaban J connectivity index is 2.46. The van der Waals surface area contributed by atoms with Crippen LogP contribution in [0.5, 0.6) is 0 Å². The van der Waals surface area contributed by atoms with Crippen molar-refractivity contribution in [1.29, 1.82) is 0 Å². The second-order valence-electron chi connectivity index (χ2n) is 3.95. The normalized spacial score (nSPS) is 12.4. The monoisotopic (exact) mass is 253 g/mol. The molecule has 0 heterocycles. The van der Waals surface area contributed by atoms with E-state index in [4.69, 9.17) is 5.11 Å². The van der Waals surface area contributed by atoms with Gasteiger partial charge in [-0.2, -0.15) is 11.8 Å². The van der Waals surface area contributed by atoms with Crippen molar-refractivity contribution in [2.45, 2.75) is 26.4 Å². The molecule has 2 N–H and O–H groups in total. The summed E-state index contributed by atoms with van der Waals surface area (Å²) >= 11 is 1.90. The molecule has 0 aliphatic rings. The number of hydrogen-bond donors (Lipinski definition) is 2. The molecule has 0 bridgehead atoms. The van der Waals surface area contributed by atoms with Gasteiger partial charge in [0.15, 0.2) is 0 Å². The van der Waals surface area contributed by atoms with Gasteiger partial charge < -0.3 is 10.4 Å². The molecule has 0 aromatic heterocycles. The van der Waals surface area contributed by atoms with Crippen molar-refractivity contribution < 1.29 is 9.90 Å². The maximum absolute atomic E-state index is 10.8. The summed E-state index contributed by atoms with van der Waals surface area (Å²) < 4.78 is 0. The van der Waals surface area contributed by atoms with E-state index in [2.05, 4.69) is 19.2 Å². The Kier molecular flexibility index (Phi) is 6.08. The first-order valence-electron chi connectivity index (χ1n) is 5.76. The fraction of sp³-hybridized carbons (Fsp3) is 0.462. The highest BCUT2D eigenvalue weighted by atomic mass is 32.2. The van der Waals surface area contributed by atoms with Crippen LogP contribution in [0.3, 0.4) is 0 Å². The van der Waals surface area contributed by atoms with Crippen LogP contribution in [0.15, 0.2) is 24.3 Å². The predicted molar refractivity (Wildman–Crippen MR) is 72.7 cm³/mol. The Labute approximate surface area is 107 Å². The number of nitrogens with one attached hydrogen (secondary N) is 1. The van der Waals surface area contributed by atoms with Gasteiger partial charge in [0, 0.05) is 18.3 Å². The molecule has 1 unspecified atom stereocenters. The molecule has 0 saturated carbocycles. The third-order valence-electron chi connectivity index (χ3n) is 2.40. The molecule has 1 aromatic rings. The molecule has 1 rings (SSSR count). The van der Waals surface area contributed by atoms with Crippen molar-refractivity contribution in [1.82, 2.24) is 5.32 Å². The number of carboxylic acids is 1. The quantitative estimate of drug-likeness (QED) is 0.784. The van der Waals surface area contributed by atoms with E-state index in [0.29, 0.717) is 18.2 Å². The van der Waals surface area contributed by atoms with Crippen LogP contribution >= 0.6 is 11.8 Å². The predicted octanol–water partition coefficient (Wildman–Crippen LogP) is 2.62. The standard InChI is InChI=1S/C13H19NO2S/c1-3-17-9-10(2)14-8-11-5-4-6-12(7-11)13(15)16/h4-7,10,14H,3,8-9H2,1-2H3,(H,15,16). The second kappa shape index (κ2) is 7.35. The molecule has 0 amide bonds. The summed E-state index contributed by atoms with van der Waals surface area (Å²) in [6, 6.07) is 7.50. The number of benzene rings is 1. The fourth-order valence-electron chi connectivity index (χ4n) is 1.46. The van der Waals surface area contributed by atoms with Gasteiger partial charge in [-0.1, -0.05) is 19.1 Å². The van der Waals surface area contributed by atoms with Gasteiger partial charge in [0.05, 0.1) is 5.56 Å². The Hall–Kier alpha value is -1.00. The molecular weight excluding hydrogens is 234 g/mol. The first-order valence-corrected chi connectivity index (χ1v) is 6.92. The molecule has 1 atom stereocenters. The van der Waals surface area contributed by atoms with Gasteiger partial charge in [-0.3, -0.25) is 0 Å². The summed E-state index contributed by atoms with van der Waals surface area (Å²) in [6.45, 7) is 5.00. The van der Waals surface area contributed by atoms with Crippen LogP contribution in [-0.4, -0.2) is 28.6 Å². The average molecular weight is 253 g/mol. The largest absolute Gasteiger partial charge is 0.478 e. The van der Waals surface area contributed by atoms with Crippen molar-refractivity contribution in [2.24, 2.45) is 0 Å².